The number of thiazole rings is 1. The molecule has 8 nitrogen and oxygen atoms in total. The fraction of sp³-hybridized carbons (Fsp3) is 0.273. The van der Waals surface area contributed by atoms with E-state index in [1.807, 2.05) is 35.7 Å². The van der Waals surface area contributed by atoms with Crippen LogP contribution in [0.2, 0.25) is 0 Å². The largest absolute Gasteiger partial charge is 0.459 e. The Morgan fingerprint density at radius 1 is 1.10 bits per heavy atom. The van der Waals surface area contributed by atoms with E-state index < -0.39 is 0 Å². The van der Waals surface area contributed by atoms with Crippen LogP contribution in [0.5, 0.6) is 0 Å². The predicted octanol–water partition coefficient (Wildman–Crippen LogP) is 4.88. The van der Waals surface area contributed by atoms with Gasteiger partial charge in [-0.1, -0.05) is 25.1 Å². The molecule has 3 heterocycles. The molecule has 31 heavy (non-hydrogen) atoms. The van der Waals surface area contributed by atoms with E-state index in [4.69, 9.17) is 13.8 Å². The van der Waals surface area contributed by atoms with Gasteiger partial charge in [0.25, 0.3) is 5.89 Å². The van der Waals surface area contributed by atoms with Crippen molar-refractivity contribution >= 4 is 28.1 Å². The summed E-state index contributed by atoms with van der Waals surface area (Å²) in [4.78, 5) is 20.8. The van der Waals surface area contributed by atoms with Gasteiger partial charge >= 0.3 is 0 Å². The second-order valence-corrected chi connectivity index (χ2v) is 7.84. The third kappa shape index (κ3) is 5.07. The van der Waals surface area contributed by atoms with E-state index in [1.165, 1.54) is 11.3 Å². The van der Waals surface area contributed by atoms with Gasteiger partial charge in [-0.15, -0.1) is 21.5 Å². The molecule has 4 aromatic rings. The minimum Gasteiger partial charge on any atom is -0.459 e. The van der Waals surface area contributed by atoms with Gasteiger partial charge in [-0.25, -0.2) is 4.98 Å². The summed E-state index contributed by atoms with van der Waals surface area (Å²) in [7, 11) is 0. The number of benzene rings is 1. The Morgan fingerprint density at radius 2 is 1.94 bits per heavy atom. The lowest BCUT2D eigenvalue weighted by molar-refractivity contribution is -0.115. The second kappa shape index (κ2) is 9.67. The first-order chi connectivity index (χ1) is 15.1. The van der Waals surface area contributed by atoms with Crippen LogP contribution in [0.4, 0.5) is 10.8 Å². The lowest BCUT2D eigenvalue weighted by Gasteiger charge is -2.19. The highest BCUT2D eigenvalue weighted by Crippen LogP contribution is 2.29. The van der Waals surface area contributed by atoms with Crippen molar-refractivity contribution in [2.24, 2.45) is 0 Å². The maximum atomic E-state index is 12.3. The highest BCUT2D eigenvalue weighted by molar-refractivity contribution is 7.14. The van der Waals surface area contributed by atoms with Crippen LogP contribution < -0.4 is 4.90 Å². The topological polar surface area (TPSA) is 88.5 Å². The highest BCUT2D eigenvalue weighted by atomic mass is 32.1. The molecule has 0 radical (unpaired) electrons. The van der Waals surface area contributed by atoms with Crippen molar-refractivity contribution in [2.75, 3.05) is 11.4 Å². The average Bonchev–Trinajstić information content (AvgIpc) is 3.51. The highest BCUT2D eigenvalue weighted by Gasteiger charge is 2.19. The maximum Gasteiger partial charge on any atom is 0.283 e. The van der Waals surface area contributed by atoms with Crippen molar-refractivity contribution in [3.05, 3.63) is 65.7 Å². The van der Waals surface area contributed by atoms with E-state index in [-0.39, 0.29) is 5.91 Å². The van der Waals surface area contributed by atoms with E-state index in [9.17, 15) is 4.79 Å². The number of rotatable bonds is 9. The van der Waals surface area contributed by atoms with Crippen LogP contribution >= 0.6 is 11.3 Å². The van der Waals surface area contributed by atoms with Gasteiger partial charge in [-0.3, -0.25) is 14.6 Å². The minimum atomic E-state index is -0.0752. The number of hydrogen-bond acceptors (Lipinski definition) is 8. The average molecular weight is 438 g/mol. The van der Waals surface area contributed by atoms with E-state index in [1.54, 1.807) is 30.2 Å². The lowest BCUT2D eigenvalue weighted by atomic mass is 10.3. The summed E-state index contributed by atoms with van der Waals surface area (Å²) in [6.45, 7) is 5.63. The maximum absolute atomic E-state index is 12.3. The molecule has 0 aliphatic carbocycles. The molecule has 0 saturated carbocycles. The second-order valence-electron chi connectivity index (χ2n) is 7.00. The smallest absolute Gasteiger partial charge is 0.283 e. The predicted molar refractivity (Wildman–Crippen MR) is 118 cm³/mol. The third-order valence-electron chi connectivity index (χ3n) is 4.54. The normalized spacial score (nSPS) is 11.2. The fourth-order valence-corrected chi connectivity index (χ4v) is 4.12. The Kier molecular flexibility index (Phi) is 6.54. The van der Waals surface area contributed by atoms with Gasteiger partial charge in [-0.2, -0.15) is 0 Å². The molecule has 0 aliphatic rings. The van der Waals surface area contributed by atoms with Gasteiger partial charge < -0.3 is 8.83 Å². The number of nitrogens with zero attached hydrogens (tertiary/aromatic N) is 5. The third-order valence-corrected chi connectivity index (χ3v) is 5.42. The fourth-order valence-electron chi connectivity index (χ4n) is 3.24. The molecule has 9 heteroatoms. The van der Waals surface area contributed by atoms with E-state index in [0.717, 1.165) is 24.3 Å². The van der Waals surface area contributed by atoms with Crippen molar-refractivity contribution in [3.8, 4) is 11.7 Å². The van der Waals surface area contributed by atoms with E-state index >= 15 is 0 Å². The molecular formula is C22H23N5O3S. The summed E-state index contributed by atoms with van der Waals surface area (Å²) < 4.78 is 11.1. The SMILES string of the molecule is CCCN(Cc1csc(N(C(C)=O)c2ccccc2)n1)Cc1nnc(-c2ccco2)o1. The lowest BCUT2D eigenvalue weighted by Crippen LogP contribution is -2.25. The van der Waals surface area contributed by atoms with Crippen LogP contribution in [0.1, 0.15) is 31.9 Å². The first kappa shape index (κ1) is 21.0. The summed E-state index contributed by atoms with van der Waals surface area (Å²) in [5.74, 6) is 1.36. The summed E-state index contributed by atoms with van der Waals surface area (Å²) in [5, 5.41) is 10.8. The molecule has 3 aromatic heterocycles. The van der Waals surface area contributed by atoms with E-state index in [0.29, 0.717) is 35.8 Å². The molecule has 4 rings (SSSR count). The molecule has 0 saturated heterocycles. The van der Waals surface area contributed by atoms with Crippen LogP contribution in [-0.2, 0) is 17.9 Å². The van der Waals surface area contributed by atoms with Crippen LogP contribution in [-0.4, -0.2) is 32.5 Å². The Labute approximate surface area is 184 Å². The standard InChI is InChI=1S/C22H23N5O3S/c1-3-11-26(14-20-24-25-21(30-20)19-10-7-12-29-19)13-17-15-31-22(23-17)27(16(2)28)18-8-5-4-6-9-18/h4-10,12,15H,3,11,13-14H2,1-2H3. The zero-order valence-corrected chi connectivity index (χ0v) is 18.2. The van der Waals surface area contributed by atoms with Crippen LogP contribution in [0, 0.1) is 0 Å². The quantitative estimate of drug-likeness (QED) is 0.368. The number of aromatic nitrogens is 3. The minimum absolute atomic E-state index is 0.0752. The molecule has 1 amide bonds. The molecule has 0 unspecified atom stereocenters. The Bertz CT molecular complexity index is 1110. The zero-order valence-electron chi connectivity index (χ0n) is 17.4. The number of carbonyl (C=O) groups excluding carboxylic acids is 1. The van der Waals surface area contributed by atoms with Crippen LogP contribution in [0.15, 0.2) is 62.9 Å². The summed E-state index contributed by atoms with van der Waals surface area (Å²) in [5.41, 5.74) is 1.69. The Morgan fingerprint density at radius 3 is 2.65 bits per heavy atom. The van der Waals surface area contributed by atoms with Crippen LogP contribution in [0.3, 0.4) is 0 Å². The number of para-hydroxylation sites is 1. The molecule has 0 bridgehead atoms. The first-order valence-corrected chi connectivity index (χ1v) is 10.9. The molecule has 160 valence electrons. The molecule has 0 fully saturated rings. The van der Waals surface area contributed by atoms with Gasteiger partial charge in [0.2, 0.25) is 11.8 Å². The molecule has 1 aromatic carbocycles. The van der Waals surface area contributed by atoms with Gasteiger partial charge in [0.05, 0.1) is 24.2 Å². The number of carbonyl (C=O) groups is 1. The van der Waals surface area contributed by atoms with Crippen LogP contribution in [0.25, 0.3) is 11.7 Å². The van der Waals surface area contributed by atoms with Crippen molar-refractivity contribution in [2.45, 2.75) is 33.4 Å². The monoisotopic (exact) mass is 437 g/mol. The van der Waals surface area contributed by atoms with Gasteiger partial charge in [0, 0.05) is 18.8 Å². The van der Waals surface area contributed by atoms with Crippen molar-refractivity contribution in [3.63, 3.8) is 0 Å². The van der Waals surface area contributed by atoms with Crippen molar-refractivity contribution in [1.82, 2.24) is 20.1 Å². The molecule has 0 aliphatic heterocycles. The van der Waals surface area contributed by atoms with Gasteiger partial charge in [0.1, 0.15) is 0 Å². The van der Waals surface area contributed by atoms with Crippen molar-refractivity contribution in [1.29, 1.82) is 0 Å². The zero-order chi connectivity index (χ0) is 21.6. The number of amides is 1. The molecule has 0 spiro atoms. The van der Waals surface area contributed by atoms with Gasteiger partial charge in [0.15, 0.2) is 10.9 Å². The molecule has 0 atom stereocenters. The summed E-state index contributed by atoms with van der Waals surface area (Å²) >= 11 is 1.45. The van der Waals surface area contributed by atoms with Gasteiger partial charge in [-0.05, 0) is 37.2 Å². The number of anilines is 2. The number of hydrogen-bond donors (Lipinski definition) is 0. The molecule has 0 N–H and O–H groups in total. The number of furan rings is 1. The van der Waals surface area contributed by atoms with E-state index in [2.05, 4.69) is 22.0 Å². The summed E-state index contributed by atoms with van der Waals surface area (Å²) in [6.07, 6.45) is 2.54. The summed E-state index contributed by atoms with van der Waals surface area (Å²) in [6, 6.07) is 13.1. The van der Waals surface area contributed by atoms with Crippen molar-refractivity contribution < 1.29 is 13.6 Å². The first-order valence-electron chi connectivity index (χ1n) is 10.0. The Hall–Kier alpha value is -3.30. The molecular weight excluding hydrogens is 414 g/mol. The Balaban J connectivity index is 1.48.